The summed E-state index contributed by atoms with van der Waals surface area (Å²) in [5.41, 5.74) is 1.37. The van der Waals surface area contributed by atoms with E-state index in [0.717, 1.165) is 28.5 Å². The molecule has 162 valence electrons. The highest BCUT2D eigenvalue weighted by atomic mass is 32.2. The number of hydrogen-bond donors (Lipinski definition) is 0. The fraction of sp³-hybridized carbons (Fsp3) is 0.250. The van der Waals surface area contributed by atoms with Crippen LogP contribution in [0.5, 0.6) is 5.75 Å². The largest absolute Gasteiger partial charge is 0.453 e. The second-order valence-electron chi connectivity index (χ2n) is 5.71. The van der Waals surface area contributed by atoms with Crippen molar-refractivity contribution in [2.45, 2.75) is 40.5 Å². The van der Waals surface area contributed by atoms with E-state index in [4.69, 9.17) is 4.74 Å². The van der Waals surface area contributed by atoms with Crippen LogP contribution in [0, 0.1) is 15.9 Å². The molecule has 0 atom stereocenters. The molecule has 0 aliphatic rings. The maximum Gasteiger partial charge on any atom is 0.272 e. The molecule has 0 aliphatic carbocycles. The topological polar surface area (TPSA) is 52.4 Å². The molecule has 30 heavy (non-hydrogen) atoms. The molecular weight excluding hydrogens is 401 g/mol. The highest BCUT2D eigenvalue weighted by Crippen LogP contribution is 2.35. The van der Waals surface area contributed by atoms with Gasteiger partial charge in [-0.25, -0.2) is 4.39 Å². The minimum absolute atomic E-state index is 0.115. The summed E-state index contributed by atoms with van der Waals surface area (Å²) in [7, 11) is 0. The van der Waals surface area contributed by atoms with Gasteiger partial charge in [-0.3, -0.25) is 10.1 Å². The Morgan fingerprint density at radius 1 is 1.20 bits per heavy atom. The van der Waals surface area contributed by atoms with Crippen molar-refractivity contribution in [2.75, 3.05) is 0 Å². The number of rotatable bonds is 11. The Hall–Kier alpha value is -2.86. The van der Waals surface area contributed by atoms with Crippen LogP contribution in [0.2, 0.25) is 0 Å². The summed E-state index contributed by atoms with van der Waals surface area (Å²) in [4.78, 5) is 11.6. The Labute approximate surface area is 183 Å². The molecule has 0 aliphatic heterocycles. The lowest BCUT2D eigenvalue weighted by molar-refractivity contribution is -0.385. The fourth-order valence-electron chi connectivity index (χ4n) is 1.96. The Balaban J connectivity index is 0.00000407. The van der Waals surface area contributed by atoms with E-state index in [-0.39, 0.29) is 11.4 Å². The second kappa shape index (κ2) is 14.2. The SMILES string of the molecule is C=C/C(Oc1ccc([N+](=O)[O-])cc1F)=C(\CC)SC(=C)C(=C)/C=C\C(=C)CC.CC. The molecule has 0 saturated heterocycles. The van der Waals surface area contributed by atoms with Crippen LogP contribution in [0.25, 0.3) is 0 Å². The third-order valence-electron chi connectivity index (χ3n) is 3.71. The van der Waals surface area contributed by atoms with E-state index in [9.17, 15) is 14.5 Å². The molecule has 4 nitrogen and oxygen atoms in total. The molecule has 0 amide bonds. The standard InChI is InChI=1S/C22H24FNO3S.C2H6/c1-7-15(4)10-11-16(5)17(6)28-22(9-3)20(8-2)27-21-13-12-18(24(25)26)14-19(21)23;1-2/h8,10-14H,2,4-7,9H2,1,3H3;1-2H3/b11-10-,22-20-;. The molecule has 0 heterocycles. The molecule has 0 spiro atoms. The summed E-state index contributed by atoms with van der Waals surface area (Å²) in [6.07, 6.45) is 6.65. The van der Waals surface area contributed by atoms with Crippen molar-refractivity contribution in [2.24, 2.45) is 0 Å². The number of benzene rings is 1. The summed E-state index contributed by atoms with van der Waals surface area (Å²) in [6, 6.07) is 3.23. The second-order valence-corrected chi connectivity index (χ2v) is 6.90. The molecule has 1 aromatic carbocycles. The van der Waals surface area contributed by atoms with Crippen molar-refractivity contribution in [3.8, 4) is 5.75 Å². The van der Waals surface area contributed by atoms with Crippen molar-refractivity contribution in [3.05, 3.63) is 105 Å². The average Bonchev–Trinajstić information content (AvgIpc) is 2.75. The van der Waals surface area contributed by atoms with E-state index >= 15 is 0 Å². The zero-order valence-electron chi connectivity index (χ0n) is 18.2. The first kappa shape index (κ1) is 27.1. The zero-order valence-corrected chi connectivity index (χ0v) is 19.0. The van der Waals surface area contributed by atoms with Crippen molar-refractivity contribution >= 4 is 17.4 Å². The molecule has 6 heteroatoms. The lowest BCUT2D eigenvalue weighted by Crippen LogP contribution is -1.99. The monoisotopic (exact) mass is 431 g/mol. The number of halogens is 1. The summed E-state index contributed by atoms with van der Waals surface area (Å²) in [6.45, 7) is 23.6. The van der Waals surface area contributed by atoms with Gasteiger partial charge in [0.2, 0.25) is 0 Å². The quantitative estimate of drug-likeness (QED) is 0.153. The molecule has 0 unspecified atom stereocenters. The number of allylic oxidation sites excluding steroid dienone is 6. The van der Waals surface area contributed by atoms with Gasteiger partial charge in [-0.15, -0.1) is 0 Å². The predicted molar refractivity (Wildman–Crippen MR) is 127 cm³/mol. The van der Waals surface area contributed by atoms with Crippen molar-refractivity contribution < 1.29 is 14.1 Å². The molecule has 0 fully saturated rings. The number of nitro benzene ring substituents is 1. The van der Waals surface area contributed by atoms with Crippen LogP contribution in [0.1, 0.15) is 40.5 Å². The van der Waals surface area contributed by atoms with Crippen LogP contribution in [0.4, 0.5) is 10.1 Å². The summed E-state index contributed by atoms with van der Waals surface area (Å²) in [5, 5.41) is 10.7. The van der Waals surface area contributed by atoms with E-state index in [2.05, 4.69) is 26.3 Å². The van der Waals surface area contributed by atoms with Gasteiger partial charge >= 0.3 is 0 Å². The first-order valence-electron chi connectivity index (χ1n) is 9.62. The van der Waals surface area contributed by atoms with E-state index in [0.29, 0.717) is 17.1 Å². The van der Waals surface area contributed by atoms with E-state index in [1.807, 2.05) is 39.8 Å². The van der Waals surface area contributed by atoms with E-state index < -0.39 is 10.7 Å². The first-order chi connectivity index (χ1) is 14.2. The summed E-state index contributed by atoms with van der Waals surface area (Å²) >= 11 is 1.36. The highest BCUT2D eigenvalue weighted by molar-refractivity contribution is 8.07. The van der Waals surface area contributed by atoms with Crippen molar-refractivity contribution in [1.82, 2.24) is 0 Å². The summed E-state index contributed by atoms with van der Waals surface area (Å²) in [5.74, 6) is -0.579. The Kier molecular flexibility index (Phi) is 12.8. The summed E-state index contributed by atoms with van der Waals surface area (Å²) < 4.78 is 19.8. The number of thioether (sulfide) groups is 1. The normalized spacial score (nSPS) is 11.1. The maximum atomic E-state index is 14.1. The van der Waals surface area contributed by atoms with Gasteiger partial charge in [0.25, 0.3) is 5.69 Å². The third-order valence-corrected chi connectivity index (χ3v) is 4.95. The molecule has 0 N–H and O–H groups in total. The molecule has 0 aromatic heterocycles. The van der Waals surface area contributed by atoms with Gasteiger partial charge in [-0.2, -0.15) is 0 Å². The van der Waals surface area contributed by atoms with Crippen LogP contribution in [0.15, 0.2) is 89.5 Å². The van der Waals surface area contributed by atoms with Crippen molar-refractivity contribution in [1.29, 1.82) is 0 Å². The predicted octanol–water partition coefficient (Wildman–Crippen LogP) is 8.27. The Morgan fingerprint density at radius 2 is 1.83 bits per heavy atom. The van der Waals surface area contributed by atoms with E-state index in [1.54, 1.807) is 0 Å². The molecule has 0 radical (unpaired) electrons. The first-order valence-corrected chi connectivity index (χ1v) is 10.4. The molecule has 0 bridgehead atoms. The van der Waals surface area contributed by atoms with Crippen molar-refractivity contribution in [3.63, 3.8) is 0 Å². The number of non-ortho nitro benzene ring substituents is 1. The minimum Gasteiger partial charge on any atom is -0.453 e. The number of ether oxygens (including phenoxy) is 1. The third kappa shape index (κ3) is 8.66. The van der Waals surface area contributed by atoms with Crippen LogP contribution < -0.4 is 4.74 Å². The smallest absolute Gasteiger partial charge is 0.272 e. The van der Waals surface area contributed by atoms with Gasteiger partial charge in [-0.1, -0.05) is 83.5 Å². The van der Waals surface area contributed by atoms with Gasteiger partial charge < -0.3 is 4.74 Å². The van der Waals surface area contributed by atoms with Crippen LogP contribution in [-0.2, 0) is 0 Å². The Morgan fingerprint density at radius 3 is 2.30 bits per heavy atom. The highest BCUT2D eigenvalue weighted by Gasteiger charge is 2.15. The van der Waals surface area contributed by atoms with E-state index in [1.165, 1.54) is 30.0 Å². The van der Waals surface area contributed by atoms with Gasteiger partial charge in [0.05, 0.1) is 11.0 Å². The van der Waals surface area contributed by atoms with Gasteiger partial charge in [-0.05, 0) is 30.6 Å². The number of hydrogen-bond acceptors (Lipinski definition) is 4. The molecular formula is C24H30FNO3S. The lowest BCUT2D eigenvalue weighted by Gasteiger charge is -2.14. The fourth-order valence-corrected chi connectivity index (χ4v) is 2.82. The van der Waals surface area contributed by atoms with Crippen LogP contribution in [-0.4, -0.2) is 4.92 Å². The number of nitro groups is 1. The van der Waals surface area contributed by atoms with Crippen LogP contribution in [0.3, 0.4) is 0 Å². The van der Waals surface area contributed by atoms with Gasteiger partial charge in [0, 0.05) is 15.9 Å². The van der Waals surface area contributed by atoms with Gasteiger partial charge in [0.1, 0.15) is 5.76 Å². The van der Waals surface area contributed by atoms with Gasteiger partial charge in [0.15, 0.2) is 11.6 Å². The number of nitrogens with zero attached hydrogens (tertiary/aromatic N) is 1. The van der Waals surface area contributed by atoms with Crippen LogP contribution >= 0.6 is 11.8 Å². The average molecular weight is 432 g/mol. The molecule has 1 rings (SSSR count). The molecule has 1 aromatic rings. The maximum absolute atomic E-state index is 14.1. The Bertz CT molecular complexity index is 869. The molecule has 0 saturated carbocycles. The lowest BCUT2D eigenvalue weighted by atomic mass is 10.2. The minimum atomic E-state index is -0.821. The zero-order chi connectivity index (χ0) is 23.3.